The molecule has 2 heterocycles. The topological polar surface area (TPSA) is 71.5 Å². The van der Waals surface area contributed by atoms with Crippen LogP contribution in [0.4, 0.5) is 0 Å². The monoisotopic (exact) mass is 339 g/mol. The van der Waals surface area contributed by atoms with Gasteiger partial charge in [-0.2, -0.15) is 0 Å². The third-order valence-corrected chi connectivity index (χ3v) is 4.16. The first kappa shape index (κ1) is 17.0. The van der Waals surface area contributed by atoms with Crippen molar-refractivity contribution in [2.75, 3.05) is 19.6 Å². The minimum atomic E-state index is -0.234. The van der Waals surface area contributed by atoms with Crippen LogP contribution in [0.1, 0.15) is 23.2 Å². The molecule has 1 aromatic heterocycles. The maximum Gasteiger partial charge on any atom is 0.251 e. The summed E-state index contributed by atoms with van der Waals surface area (Å²) in [5.41, 5.74) is 0.553. The van der Waals surface area contributed by atoms with Gasteiger partial charge in [-0.3, -0.25) is 9.59 Å². The summed E-state index contributed by atoms with van der Waals surface area (Å²) in [5.74, 6) is 0.310. The summed E-state index contributed by atoms with van der Waals surface area (Å²) in [7, 11) is 0. The van der Waals surface area contributed by atoms with Crippen molar-refractivity contribution in [2.45, 2.75) is 18.9 Å². The zero-order valence-corrected chi connectivity index (χ0v) is 13.9. The molecule has 6 nitrogen and oxygen atoms in total. The van der Waals surface area contributed by atoms with Crippen molar-refractivity contribution >= 4 is 11.8 Å². The number of piperidine rings is 1. The van der Waals surface area contributed by atoms with Crippen molar-refractivity contribution in [1.82, 2.24) is 15.2 Å². The average Bonchev–Trinajstić information content (AvgIpc) is 2.68. The summed E-state index contributed by atoms with van der Waals surface area (Å²) >= 11 is 0. The van der Waals surface area contributed by atoms with Crippen LogP contribution >= 0.6 is 0 Å². The van der Waals surface area contributed by atoms with E-state index < -0.39 is 0 Å². The second-order valence-corrected chi connectivity index (χ2v) is 5.91. The molecule has 0 spiro atoms. The average molecular weight is 339 g/mol. The van der Waals surface area contributed by atoms with E-state index >= 15 is 0 Å². The Morgan fingerprint density at radius 3 is 2.48 bits per heavy atom. The second-order valence-electron chi connectivity index (χ2n) is 5.91. The molecule has 0 aliphatic carbocycles. The van der Waals surface area contributed by atoms with Crippen molar-refractivity contribution in [2.24, 2.45) is 0 Å². The second kappa shape index (κ2) is 8.28. The summed E-state index contributed by atoms with van der Waals surface area (Å²) in [6.07, 6.45) is 3.28. The van der Waals surface area contributed by atoms with Gasteiger partial charge in [-0.15, -0.1) is 0 Å². The highest BCUT2D eigenvalue weighted by Crippen LogP contribution is 2.16. The number of hydrogen-bond acceptors (Lipinski definition) is 4. The van der Waals surface area contributed by atoms with Gasteiger partial charge in [-0.25, -0.2) is 4.98 Å². The van der Waals surface area contributed by atoms with E-state index in [0.717, 1.165) is 12.8 Å². The number of carbonyl (C=O) groups excluding carboxylic acids is 2. The SMILES string of the molecule is O=C(NCC(=O)N1CCC(Oc2ccccn2)CC1)c1ccccc1. The van der Waals surface area contributed by atoms with Crippen LogP contribution in [-0.4, -0.2) is 47.4 Å². The Morgan fingerprint density at radius 2 is 1.80 bits per heavy atom. The highest BCUT2D eigenvalue weighted by Gasteiger charge is 2.24. The van der Waals surface area contributed by atoms with E-state index in [1.165, 1.54) is 0 Å². The van der Waals surface area contributed by atoms with Crippen molar-refractivity contribution in [1.29, 1.82) is 0 Å². The van der Waals surface area contributed by atoms with Gasteiger partial charge < -0.3 is 15.0 Å². The molecule has 6 heteroatoms. The molecule has 0 unspecified atom stereocenters. The number of nitrogens with one attached hydrogen (secondary N) is 1. The molecule has 0 atom stereocenters. The standard InChI is InChI=1S/C19H21N3O3/c23-18(14-21-19(24)15-6-2-1-3-7-15)22-12-9-16(10-13-22)25-17-8-4-5-11-20-17/h1-8,11,16H,9-10,12-14H2,(H,21,24). The first-order valence-corrected chi connectivity index (χ1v) is 8.41. The Morgan fingerprint density at radius 1 is 1.08 bits per heavy atom. The molecule has 1 fully saturated rings. The fourth-order valence-electron chi connectivity index (χ4n) is 2.77. The maximum absolute atomic E-state index is 12.3. The molecule has 0 saturated carbocycles. The molecular weight excluding hydrogens is 318 g/mol. The van der Waals surface area contributed by atoms with Gasteiger partial charge in [0.1, 0.15) is 6.10 Å². The molecule has 2 aromatic rings. The molecule has 3 rings (SSSR count). The van der Waals surface area contributed by atoms with Crippen LogP contribution in [0, 0.1) is 0 Å². The molecule has 2 amide bonds. The maximum atomic E-state index is 12.3. The number of hydrogen-bond donors (Lipinski definition) is 1. The molecular formula is C19H21N3O3. The van der Waals surface area contributed by atoms with Crippen LogP contribution in [0.2, 0.25) is 0 Å². The number of pyridine rings is 1. The van der Waals surface area contributed by atoms with Crippen LogP contribution < -0.4 is 10.1 Å². The van der Waals surface area contributed by atoms with Crippen LogP contribution in [0.25, 0.3) is 0 Å². The Bertz CT molecular complexity index is 698. The summed E-state index contributed by atoms with van der Waals surface area (Å²) in [4.78, 5) is 30.2. The van der Waals surface area contributed by atoms with Gasteiger partial charge in [-0.1, -0.05) is 24.3 Å². The van der Waals surface area contributed by atoms with E-state index in [9.17, 15) is 9.59 Å². The summed E-state index contributed by atoms with van der Waals surface area (Å²) < 4.78 is 5.82. The number of benzene rings is 1. The Kier molecular flexibility index (Phi) is 5.61. The molecule has 1 aromatic carbocycles. The first-order chi connectivity index (χ1) is 12.2. The van der Waals surface area contributed by atoms with E-state index in [1.54, 1.807) is 35.4 Å². The van der Waals surface area contributed by atoms with Gasteiger partial charge in [-0.05, 0) is 18.2 Å². The zero-order valence-electron chi connectivity index (χ0n) is 13.9. The van der Waals surface area contributed by atoms with Gasteiger partial charge in [0.2, 0.25) is 11.8 Å². The highest BCUT2D eigenvalue weighted by atomic mass is 16.5. The lowest BCUT2D eigenvalue weighted by Gasteiger charge is -2.32. The van der Waals surface area contributed by atoms with E-state index in [-0.39, 0.29) is 24.5 Å². The Labute approximate surface area is 146 Å². The van der Waals surface area contributed by atoms with Gasteiger partial charge in [0.25, 0.3) is 5.91 Å². The van der Waals surface area contributed by atoms with Gasteiger partial charge in [0, 0.05) is 43.8 Å². The van der Waals surface area contributed by atoms with Crippen molar-refractivity contribution in [3.05, 3.63) is 60.3 Å². The molecule has 1 aliphatic heterocycles. The van der Waals surface area contributed by atoms with Crippen molar-refractivity contribution in [3.8, 4) is 5.88 Å². The minimum Gasteiger partial charge on any atom is -0.474 e. The third kappa shape index (κ3) is 4.79. The van der Waals surface area contributed by atoms with Crippen LogP contribution in [0.15, 0.2) is 54.7 Å². The summed E-state index contributed by atoms with van der Waals surface area (Å²) in [6, 6.07) is 14.4. The van der Waals surface area contributed by atoms with Crippen molar-refractivity contribution in [3.63, 3.8) is 0 Å². The number of likely N-dealkylation sites (tertiary alicyclic amines) is 1. The van der Waals surface area contributed by atoms with Crippen LogP contribution in [0.5, 0.6) is 5.88 Å². The predicted octanol–water partition coefficient (Wildman–Crippen LogP) is 1.88. The largest absolute Gasteiger partial charge is 0.474 e. The van der Waals surface area contributed by atoms with Crippen molar-refractivity contribution < 1.29 is 14.3 Å². The predicted molar refractivity (Wildman–Crippen MR) is 93.2 cm³/mol. The fourth-order valence-corrected chi connectivity index (χ4v) is 2.77. The molecule has 25 heavy (non-hydrogen) atoms. The third-order valence-electron chi connectivity index (χ3n) is 4.16. The molecule has 1 N–H and O–H groups in total. The normalized spacial score (nSPS) is 14.8. The molecule has 0 radical (unpaired) electrons. The number of nitrogens with zero attached hydrogens (tertiary/aromatic N) is 2. The lowest BCUT2D eigenvalue weighted by atomic mass is 10.1. The Balaban J connectivity index is 1.42. The molecule has 0 bridgehead atoms. The number of aromatic nitrogens is 1. The minimum absolute atomic E-state index is 0.0134. The highest BCUT2D eigenvalue weighted by molar-refractivity contribution is 5.96. The molecule has 130 valence electrons. The lowest BCUT2D eigenvalue weighted by molar-refractivity contribution is -0.131. The van der Waals surface area contributed by atoms with Crippen LogP contribution in [0.3, 0.4) is 0 Å². The van der Waals surface area contributed by atoms with Gasteiger partial charge in [0.05, 0.1) is 6.54 Å². The quantitative estimate of drug-likeness (QED) is 0.903. The van der Waals surface area contributed by atoms with E-state index in [4.69, 9.17) is 4.74 Å². The first-order valence-electron chi connectivity index (χ1n) is 8.41. The van der Waals surface area contributed by atoms with E-state index in [0.29, 0.717) is 24.5 Å². The van der Waals surface area contributed by atoms with Gasteiger partial charge >= 0.3 is 0 Å². The lowest BCUT2D eigenvalue weighted by Crippen LogP contribution is -2.46. The summed E-state index contributed by atoms with van der Waals surface area (Å²) in [5, 5.41) is 2.68. The van der Waals surface area contributed by atoms with E-state index in [1.807, 2.05) is 24.3 Å². The van der Waals surface area contributed by atoms with Crippen LogP contribution in [-0.2, 0) is 4.79 Å². The number of rotatable bonds is 5. The van der Waals surface area contributed by atoms with Gasteiger partial charge in [0.15, 0.2) is 0 Å². The summed E-state index contributed by atoms with van der Waals surface area (Å²) in [6.45, 7) is 1.26. The zero-order chi connectivity index (χ0) is 17.5. The number of carbonyl (C=O) groups is 2. The molecule has 1 saturated heterocycles. The fraction of sp³-hybridized carbons (Fsp3) is 0.316. The number of ether oxygens (including phenoxy) is 1. The van der Waals surface area contributed by atoms with E-state index in [2.05, 4.69) is 10.3 Å². The number of amides is 2. The smallest absolute Gasteiger partial charge is 0.251 e. The molecule has 1 aliphatic rings. The Hall–Kier alpha value is -2.89.